The van der Waals surface area contributed by atoms with Crippen LogP contribution in [-0.4, -0.2) is 48.5 Å². The molecule has 1 N–H and O–H groups in total. The normalized spacial score (nSPS) is 11.7. The van der Waals surface area contributed by atoms with Crippen LogP contribution in [0.4, 0.5) is 0 Å². The van der Waals surface area contributed by atoms with E-state index in [1.165, 1.54) is 11.3 Å². The average Bonchev–Trinajstić information content (AvgIpc) is 3.06. The van der Waals surface area contributed by atoms with Crippen LogP contribution in [0.1, 0.15) is 31.2 Å². The van der Waals surface area contributed by atoms with Crippen LogP contribution in [0.25, 0.3) is 0 Å². The van der Waals surface area contributed by atoms with Crippen molar-refractivity contribution < 1.29 is 9.59 Å². The molecule has 6 nitrogen and oxygen atoms in total. The molecule has 0 radical (unpaired) electrons. The van der Waals surface area contributed by atoms with Crippen molar-refractivity contribution in [2.45, 2.75) is 13.5 Å². The summed E-state index contributed by atoms with van der Waals surface area (Å²) >= 11 is 7.43. The molecule has 0 atom stereocenters. The Bertz CT molecular complexity index is 1150. The molecule has 0 bridgehead atoms. The van der Waals surface area contributed by atoms with Crippen LogP contribution in [0.15, 0.2) is 59.7 Å². The molecule has 31 heavy (non-hydrogen) atoms. The fraction of sp³-hybridized carbons (Fsp3) is 0.261. The predicted molar refractivity (Wildman–Crippen MR) is 125 cm³/mol. The second-order valence-electron chi connectivity index (χ2n) is 7.40. The van der Waals surface area contributed by atoms with Crippen LogP contribution in [0.5, 0.6) is 0 Å². The number of likely N-dealkylation sites (N-methyl/N-ethyl adjacent to an activating group) is 1. The molecule has 1 aromatic heterocycles. The Labute approximate surface area is 190 Å². The van der Waals surface area contributed by atoms with Crippen LogP contribution in [-0.2, 0) is 6.54 Å². The number of nitrogens with zero attached hydrogens (tertiary/aromatic N) is 3. The van der Waals surface area contributed by atoms with Gasteiger partial charge in [0.05, 0.1) is 6.54 Å². The Morgan fingerprint density at radius 3 is 2.68 bits per heavy atom. The highest BCUT2D eigenvalue weighted by atomic mass is 35.5. The molecule has 162 valence electrons. The number of benzene rings is 2. The fourth-order valence-corrected chi connectivity index (χ4v) is 4.05. The van der Waals surface area contributed by atoms with Crippen LogP contribution >= 0.6 is 22.9 Å². The molecule has 2 aromatic carbocycles. The van der Waals surface area contributed by atoms with Gasteiger partial charge in [0.1, 0.15) is 0 Å². The Balaban J connectivity index is 1.86. The van der Waals surface area contributed by atoms with E-state index in [0.29, 0.717) is 34.0 Å². The van der Waals surface area contributed by atoms with Gasteiger partial charge >= 0.3 is 0 Å². The van der Waals surface area contributed by atoms with Crippen molar-refractivity contribution in [2.75, 3.05) is 27.2 Å². The van der Waals surface area contributed by atoms with Crippen molar-refractivity contribution in [3.63, 3.8) is 0 Å². The Morgan fingerprint density at radius 2 is 1.94 bits per heavy atom. The van der Waals surface area contributed by atoms with Crippen LogP contribution in [0.2, 0.25) is 5.02 Å². The summed E-state index contributed by atoms with van der Waals surface area (Å²) in [5.41, 5.74) is 1.91. The van der Waals surface area contributed by atoms with Gasteiger partial charge in [-0.2, -0.15) is 4.99 Å². The average molecular weight is 457 g/mol. The van der Waals surface area contributed by atoms with Gasteiger partial charge in [0.15, 0.2) is 4.80 Å². The molecule has 0 saturated heterocycles. The lowest BCUT2D eigenvalue weighted by molar-refractivity contribution is 0.0948. The van der Waals surface area contributed by atoms with Crippen molar-refractivity contribution in [3.05, 3.63) is 86.1 Å². The van der Waals surface area contributed by atoms with Gasteiger partial charge in [0.2, 0.25) is 0 Å². The number of aryl methyl sites for hydroxylation is 1. The van der Waals surface area contributed by atoms with E-state index in [1.807, 2.05) is 60.9 Å². The summed E-state index contributed by atoms with van der Waals surface area (Å²) in [5.74, 6) is -0.466. The zero-order chi connectivity index (χ0) is 22.4. The van der Waals surface area contributed by atoms with Crippen molar-refractivity contribution in [3.8, 4) is 0 Å². The van der Waals surface area contributed by atoms with E-state index in [-0.39, 0.29) is 11.8 Å². The second-order valence-corrected chi connectivity index (χ2v) is 9.05. The summed E-state index contributed by atoms with van der Waals surface area (Å²) < 4.78 is 1.90. The van der Waals surface area contributed by atoms with Gasteiger partial charge in [-0.1, -0.05) is 35.9 Å². The lowest BCUT2D eigenvalue weighted by Crippen LogP contribution is -2.32. The third kappa shape index (κ3) is 6.37. The maximum absolute atomic E-state index is 12.7. The minimum atomic E-state index is -0.354. The van der Waals surface area contributed by atoms with E-state index < -0.39 is 0 Å². The van der Waals surface area contributed by atoms with E-state index in [1.54, 1.807) is 24.3 Å². The van der Waals surface area contributed by atoms with Gasteiger partial charge in [-0.05, 0) is 50.8 Å². The molecule has 0 aliphatic rings. The predicted octanol–water partition coefficient (Wildman–Crippen LogP) is 3.59. The van der Waals surface area contributed by atoms with E-state index in [2.05, 4.69) is 10.3 Å². The molecule has 2 amide bonds. The number of carbonyl (C=O) groups excluding carboxylic acids is 2. The van der Waals surface area contributed by atoms with E-state index in [9.17, 15) is 9.59 Å². The van der Waals surface area contributed by atoms with Crippen molar-refractivity contribution >= 4 is 34.8 Å². The summed E-state index contributed by atoms with van der Waals surface area (Å²) in [4.78, 5) is 33.2. The van der Waals surface area contributed by atoms with Crippen molar-refractivity contribution in [1.29, 1.82) is 0 Å². The minimum absolute atomic E-state index is 0.113. The summed E-state index contributed by atoms with van der Waals surface area (Å²) in [7, 11) is 3.93. The summed E-state index contributed by atoms with van der Waals surface area (Å²) in [6.45, 7) is 3.73. The first-order valence-electron chi connectivity index (χ1n) is 9.86. The SMILES string of the molecule is Cc1cn(Cc2ccccc2C(=O)NCCN(C)C)c(=NC(=O)c2cccc(Cl)c2)s1. The maximum Gasteiger partial charge on any atom is 0.279 e. The first kappa shape index (κ1) is 22.9. The highest BCUT2D eigenvalue weighted by molar-refractivity contribution is 7.09. The van der Waals surface area contributed by atoms with E-state index >= 15 is 0 Å². The van der Waals surface area contributed by atoms with Gasteiger partial charge in [-0.3, -0.25) is 9.59 Å². The molecule has 0 fully saturated rings. The highest BCUT2D eigenvalue weighted by Crippen LogP contribution is 2.14. The molecule has 0 spiro atoms. The lowest BCUT2D eigenvalue weighted by atomic mass is 10.1. The number of halogens is 1. The van der Waals surface area contributed by atoms with Gasteiger partial charge in [0, 0.05) is 40.3 Å². The van der Waals surface area contributed by atoms with Gasteiger partial charge in [-0.25, -0.2) is 0 Å². The molecule has 0 aliphatic carbocycles. The first-order valence-corrected chi connectivity index (χ1v) is 11.1. The fourth-order valence-electron chi connectivity index (χ4n) is 3.03. The van der Waals surface area contributed by atoms with Gasteiger partial charge < -0.3 is 14.8 Å². The van der Waals surface area contributed by atoms with Crippen LogP contribution < -0.4 is 10.1 Å². The molecule has 3 aromatic rings. The number of thiazole rings is 1. The van der Waals surface area contributed by atoms with E-state index in [4.69, 9.17) is 11.6 Å². The van der Waals surface area contributed by atoms with Gasteiger partial charge in [-0.15, -0.1) is 11.3 Å². The highest BCUT2D eigenvalue weighted by Gasteiger charge is 2.13. The zero-order valence-electron chi connectivity index (χ0n) is 17.8. The Hall–Kier alpha value is -2.74. The lowest BCUT2D eigenvalue weighted by Gasteiger charge is -2.13. The number of aromatic nitrogens is 1. The number of hydrogen-bond acceptors (Lipinski definition) is 4. The molecule has 3 rings (SSSR count). The molecular weight excluding hydrogens is 432 g/mol. The quantitative estimate of drug-likeness (QED) is 0.590. The number of carbonyl (C=O) groups is 2. The molecular formula is C23H25ClN4O2S. The Kier molecular flexibility index (Phi) is 7.79. The van der Waals surface area contributed by atoms with Crippen LogP contribution in [0.3, 0.4) is 0 Å². The molecule has 0 saturated carbocycles. The first-order chi connectivity index (χ1) is 14.8. The standard InChI is InChI=1S/C23H25ClN4O2S/c1-16-14-28(23(31-16)26-21(29)17-8-6-9-19(24)13-17)15-18-7-4-5-10-20(18)22(30)25-11-12-27(2)3/h4-10,13-14H,11-12,15H2,1-3H3,(H,25,30). The van der Waals surface area contributed by atoms with Gasteiger partial charge in [0.25, 0.3) is 11.8 Å². The summed E-state index contributed by atoms with van der Waals surface area (Å²) in [6, 6.07) is 14.2. The number of rotatable bonds is 7. The zero-order valence-corrected chi connectivity index (χ0v) is 19.3. The number of amides is 2. The summed E-state index contributed by atoms with van der Waals surface area (Å²) in [5, 5.41) is 3.45. The molecule has 0 aliphatic heterocycles. The third-order valence-corrected chi connectivity index (χ3v) is 5.72. The maximum atomic E-state index is 12.7. The van der Waals surface area contributed by atoms with Crippen LogP contribution in [0, 0.1) is 6.92 Å². The van der Waals surface area contributed by atoms with Crippen molar-refractivity contribution in [2.24, 2.45) is 4.99 Å². The minimum Gasteiger partial charge on any atom is -0.351 e. The summed E-state index contributed by atoms with van der Waals surface area (Å²) in [6.07, 6.45) is 1.94. The Morgan fingerprint density at radius 1 is 1.16 bits per heavy atom. The third-order valence-electron chi connectivity index (χ3n) is 4.55. The number of nitrogens with one attached hydrogen (secondary N) is 1. The molecule has 8 heteroatoms. The monoisotopic (exact) mass is 456 g/mol. The number of hydrogen-bond donors (Lipinski definition) is 1. The molecule has 0 unspecified atom stereocenters. The van der Waals surface area contributed by atoms with Crippen molar-refractivity contribution in [1.82, 2.24) is 14.8 Å². The van der Waals surface area contributed by atoms with E-state index in [0.717, 1.165) is 17.0 Å². The topological polar surface area (TPSA) is 66.7 Å². The molecule has 1 heterocycles. The second kappa shape index (κ2) is 10.5. The largest absolute Gasteiger partial charge is 0.351 e. The smallest absolute Gasteiger partial charge is 0.279 e.